The highest BCUT2D eigenvalue weighted by Gasteiger charge is 2.19. The minimum Gasteiger partial charge on any atom is -0.497 e. The molecule has 0 radical (unpaired) electrons. The van der Waals surface area contributed by atoms with E-state index in [0.717, 1.165) is 31.4 Å². The first kappa shape index (κ1) is 18.0. The number of rotatable bonds is 5. The SMILES string of the molecule is COc1cc(OC)cc(C(=O)NN=C2CCC(c3ccccc3)CC2)c1. The summed E-state index contributed by atoms with van der Waals surface area (Å²) in [5, 5.41) is 4.33. The zero-order valence-electron chi connectivity index (χ0n) is 15.2. The topological polar surface area (TPSA) is 59.9 Å². The van der Waals surface area contributed by atoms with E-state index in [2.05, 4.69) is 34.8 Å². The highest BCUT2D eigenvalue weighted by Crippen LogP contribution is 2.31. The van der Waals surface area contributed by atoms with Gasteiger partial charge in [-0.3, -0.25) is 4.79 Å². The Morgan fingerprint density at radius 1 is 1.00 bits per heavy atom. The van der Waals surface area contributed by atoms with Crippen molar-refractivity contribution in [2.24, 2.45) is 5.10 Å². The molecule has 2 aromatic rings. The van der Waals surface area contributed by atoms with Gasteiger partial charge in [-0.2, -0.15) is 5.10 Å². The van der Waals surface area contributed by atoms with Crippen molar-refractivity contribution in [2.75, 3.05) is 14.2 Å². The van der Waals surface area contributed by atoms with Gasteiger partial charge in [-0.25, -0.2) is 5.43 Å². The van der Waals surface area contributed by atoms with Crippen molar-refractivity contribution in [3.05, 3.63) is 59.7 Å². The van der Waals surface area contributed by atoms with Gasteiger partial charge in [-0.15, -0.1) is 0 Å². The predicted molar refractivity (Wildman–Crippen MR) is 102 cm³/mol. The summed E-state index contributed by atoms with van der Waals surface area (Å²) >= 11 is 0. The van der Waals surface area contributed by atoms with Crippen LogP contribution in [0.4, 0.5) is 0 Å². The molecule has 0 spiro atoms. The van der Waals surface area contributed by atoms with E-state index in [0.29, 0.717) is 23.0 Å². The van der Waals surface area contributed by atoms with Gasteiger partial charge in [0.1, 0.15) is 11.5 Å². The Morgan fingerprint density at radius 3 is 2.19 bits per heavy atom. The Labute approximate surface area is 154 Å². The van der Waals surface area contributed by atoms with Crippen LogP contribution in [-0.4, -0.2) is 25.8 Å². The fraction of sp³-hybridized carbons (Fsp3) is 0.333. The largest absolute Gasteiger partial charge is 0.497 e. The van der Waals surface area contributed by atoms with Crippen molar-refractivity contribution in [3.63, 3.8) is 0 Å². The second-order valence-corrected chi connectivity index (χ2v) is 6.41. The number of benzene rings is 2. The van der Waals surface area contributed by atoms with Gasteiger partial charge in [0.2, 0.25) is 0 Å². The fourth-order valence-corrected chi connectivity index (χ4v) is 3.25. The summed E-state index contributed by atoms with van der Waals surface area (Å²) in [4.78, 5) is 12.4. The molecular weight excluding hydrogens is 328 g/mol. The number of carbonyl (C=O) groups is 1. The molecule has 0 aliphatic heterocycles. The van der Waals surface area contributed by atoms with Crippen LogP contribution in [0, 0.1) is 0 Å². The molecule has 1 fully saturated rings. The molecule has 5 heteroatoms. The fourth-order valence-electron chi connectivity index (χ4n) is 3.25. The third-order valence-corrected chi connectivity index (χ3v) is 4.76. The van der Waals surface area contributed by atoms with E-state index in [1.807, 2.05) is 6.07 Å². The molecule has 1 N–H and O–H groups in total. The van der Waals surface area contributed by atoms with Crippen molar-refractivity contribution >= 4 is 11.6 Å². The van der Waals surface area contributed by atoms with Gasteiger partial charge in [-0.05, 0) is 49.3 Å². The number of methoxy groups -OCH3 is 2. The van der Waals surface area contributed by atoms with Crippen LogP contribution in [-0.2, 0) is 0 Å². The summed E-state index contributed by atoms with van der Waals surface area (Å²) in [5.41, 5.74) is 5.56. The number of amides is 1. The third-order valence-electron chi connectivity index (χ3n) is 4.76. The lowest BCUT2D eigenvalue weighted by atomic mass is 9.83. The van der Waals surface area contributed by atoms with Crippen molar-refractivity contribution in [1.29, 1.82) is 0 Å². The molecule has 136 valence electrons. The first-order valence-corrected chi connectivity index (χ1v) is 8.83. The van der Waals surface area contributed by atoms with Gasteiger partial charge in [0.05, 0.1) is 14.2 Å². The summed E-state index contributed by atoms with van der Waals surface area (Å²) < 4.78 is 10.4. The number of ether oxygens (including phenoxy) is 2. The maximum absolute atomic E-state index is 12.4. The van der Waals surface area contributed by atoms with E-state index in [-0.39, 0.29) is 5.91 Å². The third kappa shape index (κ3) is 4.42. The first-order chi connectivity index (χ1) is 12.7. The van der Waals surface area contributed by atoms with Gasteiger partial charge in [0.15, 0.2) is 0 Å². The van der Waals surface area contributed by atoms with E-state index in [4.69, 9.17) is 9.47 Å². The van der Waals surface area contributed by atoms with Crippen LogP contribution < -0.4 is 14.9 Å². The first-order valence-electron chi connectivity index (χ1n) is 8.83. The Bertz CT molecular complexity index is 755. The minimum atomic E-state index is -0.264. The van der Waals surface area contributed by atoms with Gasteiger partial charge < -0.3 is 9.47 Å². The van der Waals surface area contributed by atoms with E-state index in [9.17, 15) is 4.79 Å². The number of hydrogen-bond donors (Lipinski definition) is 1. The summed E-state index contributed by atoms with van der Waals surface area (Å²) in [6.07, 6.45) is 3.93. The lowest BCUT2D eigenvalue weighted by molar-refractivity contribution is 0.0954. The van der Waals surface area contributed by atoms with Crippen LogP contribution in [0.3, 0.4) is 0 Å². The molecule has 1 aliphatic carbocycles. The molecule has 0 heterocycles. The lowest BCUT2D eigenvalue weighted by Crippen LogP contribution is -2.22. The molecule has 0 atom stereocenters. The summed E-state index contributed by atoms with van der Waals surface area (Å²) in [5.74, 6) is 1.46. The molecule has 0 saturated heterocycles. The average Bonchev–Trinajstić information content (AvgIpc) is 2.72. The maximum atomic E-state index is 12.4. The molecule has 0 bridgehead atoms. The molecular formula is C21H24N2O3. The average molecular weight is 352 g/mol. The Hall–Kier alpha value is -2.82. The van der Waals surface area contributed by atoms with Gasteiger partial charge in [0, 0.05) is 17.3 Å². The summed E-state index contributed by atoms with van der Waals surface area (Å²) in [6.45, 7) is 0. The van der Waals surface area contributed by atoms with Crippen molar-refractivity contribution in [2.45, 2.75) is 31.6 Å². The predicted octanol–water partition coefficient (Wildman–Crippen LogP) is 4.15. The number of hydrazone groups is 1. The molecule has 0 aromatic heterocycles. The monoisotopic (exact) mass is 352 g/mol. The van der Waals surface area contributed by atoms with Crippen LogP contribution in [0.5, 0.6) is 11.5 Å². The second kappa shape index (κ2) is 8.52. The van der Waals surface area contributed by atoms with Crippen LogP contribution in [0.2, 0.25) is 0 Å². The number of nitrogens with zero attached hydrogens (tertiary/aromatic N) is 1. The zero-order valence-corrected chi connectivity index (χ0v) is 15.2. The molecule has 1 aliphatic rings. The van der Waals surface area contributed by atoms with E-state index in [1.54, 1.807) is 32.4 Å². The van der Waals surface area contributed by atoms with E-state index >= 15 is 0 Å². The summed E-state index contributed by atoms with van der Waals surface area (Å²) in [6, 6.07) is 15.7. The van der Waals surface area contributed by atoms with E-state index < -0.39 is 0 Å². The van der Waals surface area contributed by atoms with Crippen molar-refractivity contribution in [3.8, 4) is 11.5 Å². The molecule has 2 aromatic carbocycles. The highest BCUT2D eigenvalue weighted by atomic mass is 16.5. The van der Waals surface area contributed by atoms with Crippen molar-refractivity contribution < 1.29 is 14.3 Å². The van der Waals surface area contributed by atoms with Gasteiger partial charge in [-0.1, -0.05) is 30.3 Å². The molecule has 26 heavy (non-hydrogen) atoms. The highest BCUT2D eigenvalue weighted by molar-refractivity contribution is 5.96. The maximum Gasteiger partial charge on any atom is 0.271 e. The second-order valence-electron chi connectivity index (χ2n) is 6.41. The normalized spacial score (nSPS) is 16.7. The van der Waals surface area contributed by atoms with Crippen LogP contribution in [0.25, 0.3) is 0 Å². The standard InChI is InChI=1S/C21H24N2O3/c1-25-19-12-17(13-20(14-19)26-2)21(24)23-22-18-10-8-16(9-11-18)15-6-4-3-5-7-15/h3-7,12-14,16H,8-11H2,1-2H3,(H,23,24). The molecule has 1 saturated carbocycles. The van der Waals surface area contributed by atoms with E-state index in [1.165, 1.54) is 5.56 Å². The number of carbonyl (C=O) groups excluding carboxylic acids is 1. The van der Waals surface area contributed by atoms with Gasteiger partial charge >= 0.3 is 0 Å². The van der Waals surface area contributed by atoms with Crippen molar-refractivity contribution in [1.82, 2.24) is 5.43 Å². The number of hydrogen-bond acceptors (Lipinski definition) is 4. The Balaban J connectivity index is 1.59. The number of nitrogens with one attached hydrogen (secondary N) is 1. The molecule has 1 amide bonds. The Kier molecular flexibility index (Phi) is 5.89. The van der Waals surface area contributed by atoms with Gasteiger partial charge in [0.25, 0.3) is 5.91 Å². The Morgan fingerprint density at radius 2 is 1.62 bits per heavy atom. The molecule has 5 nitrogen and oxygen atoms in total. The molecule has 3 rings (SSSR count). The van der Waals surface area contributed by atoms with Crippen LogP contribution in [0.1, 0.15) is 47.5 Å². The van der Waals surface area contributed by atoms with Crippen LogP contribution in [0.15, 0.2) is 53.6 Å². The minimum absolute atomic E-state index is 0.264. The zero-order chi connectivity index (χ0) is 18.4. The molecule has 0 unspecified atom stereocenters. The van der Waals surface area contributed by atoms with Crippen LogP contribution >= 0.6 is 0 Å². The lowest BCUT2D eigenvalue weighted by Gasteiger charge is -2.23. The quantitative estimate of drug-likeness (QED) is 0.823. The smallest absolute Gasteiger partial charge is 0.271 e. The summed E-state index contributed by atoms with van der Waals surface area (Å²) in [7, 11) is 3.11.